The molecular formula is C24H14ClFN4O2S. The number of hydrogen-bond donors (Lipinski definition) is 0. The minimum absolute atomic E-state index is 0.0868. The topological polar surface area (TPSA) is 80.7 Å². The van der Waals surface area contributed by atoms with E-state index >= 15 is 0 Å². The van der Waals surface area contributed by atoms with E-state index in [1.807, 2.05) is 30.3 Å². The predicted octanol–water partition coefficient (Wildman–Crippen LogP) is 5.14. The first-order valence-electron chi connectivity index (χ1n) is 9.94. The Morgan fingerprint density at radius 3 is 2.73 bits per heavy atom. The van der Waals surface area contributed by atoms with Gasteiger partial charge in [-0.1, -0.05) is 35.9 Å². The van der Waals surface area contributed by atoms with Crippen molar-refractivity contribution in [3.63, 3.8) is 0 Å². The monoisotopic (exact) mass is 476 g/mol. The lowest BCUT2D eigenvalue weighted by Crippen LogP contribution is -2.38. The molecule has 5 aromatic rings. The summed E-state index contributed by atoms with van der Waals surface area (Å²) in [5, 5.41) is 10.8. The van der Waals surface area contributed by atoms with Crippen molar-refractivity contribution in [1.29, 1.82) is 5.26 Å². The van der Waals surface area contributed by atoms with Crippen molar-refractivity contribution >= 4 is 43.9 Å². The van der Waals surface area contributed by atoms with Crippen LogP contribution in [0.3, 0.4) is 0 Å². The number of rotatable bonds is 4. The number of hydrogen-bond acceptors (Lipinski definition) is 5. The first-order chi connectivity index (χ1) is 16.0. The highest BCUT2D eigenvalue weighted by Gasteiger charge is 2.20. The third kappa shape index (κ3) is 3.52. The average molecular weight is 477 g/mol. The van der Waals surface area contributed by atoms with E-state index in [1.165, 1.54) is 29.0 Å². The second-order valence-electron chi connectivity index (χ2n) is 7.31. The fourth-order valence-corrected chi connectivity index (χ4v) is 5.29. The average Bonchev–Trinajstić information content (AvgIpc) is 3.24. The van der Waals surface area contributed by atoms with Gasteiger partial charge < -0.3 is 0 Å². The van der Waals surface area contributed by atoms with E-state index in [9.17, 15) is 14.0 Å². The van der Waals surface area contributed by atoms with Crippen LogP contribution >= 0.6 is 22.9 Å². The molecule has 0 amide bonds. The van der Waals surface area contributed by atoms with Crippen LogP contribution in [0.25, 0.3) is 37.1 Å². The predicted molar refractivity (Wildman–Crippen MR) is 128 cm³/mol. The van der Waals surface area contributed by atoms with E-state index in [0.717, 1.165) is 21.3 Å². The Balaban J connectivity index is 1.86. The largest absolute Gasteiger partial charge is 0.336 e. The van der Waals surface area contributed by atoms with Crippen molar-refractivity contribution in [2.24, 2.45) is 0 Å². The first-order valence-corrected chi connectivity index (χ1v) is 11.1. The third-order valence-corrected chi connectivity index (χ3v) is 6.81. The van der Waals surface area contributed by atoms with Crippen molar-refractivity contribution in [2.75, 3.05) is 0 Å². The van der Waals surface area contributed by atoms with Crippen LogP contribution in [0.5, 0.6) is 0 Å². The van der Waals surface area contributed by atoms with Crippen molar-refractivity contribution in [1.82, 2.24) is 14.1 Å². The minimum Gasteiger partial charge on any atom is -0.291 e. The van der Waals surface area contributed by atoms with Gasteiger partial charge in [0.1, 0.15) is 10.5 Å². The maximum atomic E-state index is 13.6. The van der Waals surface area contributed by atoms with Gasteiger partial charge in [0.2, 0.25) is 0 Å². The van der Waals surface area contributed by atoms with E-state index < -0.39 is 17.1 Å². The Kier molecular flexibility index (Phi) is 5.29. The van der Waals surface area contributed by atoms with Gasteiger partial charge in [0, 0.05) is 34.0 Å². The highest BCUT2D eigenvalue weighted by molar-refractivity contribution is 7.22. The van der Waals surface area contributed by atoms with E-state index in [2.05, 4.69) is 4.98 Å². The molecule has 0 aliphatic heterocycles. The van der Waals surface area contributed by atoms with E-state index in [1.54, 1.807) is 12.3 Å². The molecule has 0 radical (unpaired) electrons. The number of thiophene rings is 1. The van der Waals surface area contributed by atoms with Crippen LogP contribution in [-0.4, -0.2) is 14.1 Å². The van der Waals surface area contributed by atoms with Crippen molar-refractivity contribution in [2.45, 2.75) is 13.0 Å². The van der Waals surface area contributed by atoms with Crippen LogP contribution in [0.2, 0.25) is 5.02 Å². The molecule has 0 aliphatic carbocycles. The van der Waals surface area contributed by atoms with Crippen LogP contribution in [0, 0.1) is 17.1 Å². The molecule has 3 aromatic heterocycles. The minimum atomic E-state index is -0.560. The molecule has 9 heteroatoms. The van der Waals surface area contributed by atoms with Crippen LogP contribution in [0.4, 0.5) is 4.39 Å². The molecule has 5 rings (SSSR count). The summed E-state index contributed by atoms with van der Waals surface area (Å²) in [6.07, 6.45) is 3.23. The fraction of sp³-hybridized carbons (Fsp3) is 0.0833. The molecule has 0 aliphatic rings. The van der Waals surface area contributed by atoms with Gasteiger partial charge in [-0.25, -0.2) is 13.8 Å². The molecular weight excluding hydrogens is 463 g/mol. The molecule has 0 N–H and O–H groups in total. The second kappa shape index (κ2) is 8.28. The van der Waals surface area contributed by atoms with Gasteiger partial charge in [-0.3, -0.25) is 14.3 Å². The van der Waals surface area contributed by atoms with Gasteiger partial charge in [0.25, 0.3) is 5.56 Å². The summed E-state index contributed by atoms with van der Waals surface area (Å²) in [7, 11) is 0. The molecule has 2 aromatic carbocycles. The van der Waals surface area contributed by atoms with Gasteiger partial charge in [0.15, 0.2) is 0 Å². The van der Waals surface area contributed by atoms with Gasteiger partial charge in [0.05, 0.1) is 34.9 Å². The lowest BCUT2D eigenvalue weighted by molar-refractivity contribution is 0.628. The molecule has 6 nitrogen and oxygen atoms in total. The zero-order chi connectivity index (χ0) is 23.1. The van der Waals surface area contributed by atoms with E-state index in [-0.39, 0.29) is 18.0 Å². The molecule has 0 fully saturated rings. The number of aromatic nitrogens is 3. The van der Waals surface area contributed by atoms with Crippen molar-refractivity contribution in [3.05, 3.63) is 92.6 Å². The molecule has 0 saturated heterocycles. The van der Waals surface area contributed by atoms with Gasteiger partial charge >= 0.3 is 5.69 Å². The summed E-state index contributed by atoms with van der Waals surface area (Å²) in [6.45, 7) is 0.109. The normalized spacial score (nSPS) is 11.2. The Hall–Kier alpha value is -3.80. The summed E-state index contributed by atoms with van der Waals surface area (Å²) >= 11 is 7.41. The van der Waals surface area contributed by atoms with Crippen molar-refractivity contribution in [3.8, 4) is 22.2 Å². The van der Waals surface area contributed by atoms with Crippen LogP contribution in [0.1, 0.15) is 6.42 Å². The fourth-order valence-electron chi connectivity index (χ4n) is 3.84. The Labute approximate surface area is 195 Å². The van der Waals surface area contributed by atoms with Crippen LogP contribution < -0.4 is 11.2 Å². The molecule has 0 atom stereocenters. The number of halogens is 2. The zero-order valence-electron chi connectivity index (χ0n) is 17.0. The van der Waals surface area contributed by atoms with E-state index in [0.29, 0.717) is 31.7 Å². The van der Waals surface area contributed by atoms with E-state index in [4.69, 9.17) is 16.9 Å². The summed E-state index contributed by atoms with van der Waals surface area (Å²) < 4.78 is 16.4. The maximum absolute atomic E-state index is 13.6. The molecule has 0 spiro atoms. The number of aryl methyl sites for hydroxylation is 1. The zero-order valence-corrected chi connectivity index (χ0v) is 18.5. The number of nitriles is 1. The summed E-state index contributed by atoms with van der Waals surface area (Å²) in [5.41, 5.74) is 0.276. The van der Waals surface area contributed by atoms with Crippen molar-refractivity contribution < 1.29 is 4.39 Å². The molecule has 0 saturated carbocycles. The highest BCUT2D eigenvalue weighted by atomic mass is 35.5. The number of pyridine rings is 1. The summed E-state index contributed by atoms with van der Waals surface area (Å²) in [4.78, 5) is 31.9. The highest BCUT2D eigenvalue weighted by Crippen LogP contribution is 2.36. The van der Waals surface area contributed by atoms with Gasteiger partial charge in [-0.05, 0) is 24.3 Å². The Morgan fingerprint density at radius 1 is 1.12 bits per heavy atom. The maximum Gasteiger partial charge on any atom is 0.336 e. The quantitative estimate of drug-likeness (QED) is 0.360. The molecule has 33 heavy (non-hydrogen) atoms. The summed E-state index contributed by atoms with van der Waals surface area (Å²) in [5.74, 6) is -0.471. The lowest BCUT2D eigenvalue weighted by Gasteiger charge is -2.12. The lowest BCUT2D eigenvalue weighted by atomic mass is 10.1. The van der Waals surface area contributed by atoms with Crippen LogP contribution in [-0.2, 0) is 6.54 Å². The molecule has 0 bridgehead atoms. The number of nitrogens with zero attached hydrogens (tertiary/aromatic N) is 4. The Morgan fingerprint density at radius 2 is 1.94 bits per heavy atom. The standard InChI is InChI=1S/C24H14ClFN4O2S/c25-18-10-15(26)6-7-17(18)21-11-19-22(33-21)23(31)30(24(32)29(19)9-3-8-27)20-13-28-12-14-4-1-2-5-16(14)20/h1-2,4-7,10-13H,3,9H2. The third-order valence-electron chi connectivity index (χ3n) is 5.35. The first kappa shape index (κ1) is 21.1. The molecule has 0 unspecified atom stereocenters. The number of benzene rings is 2. The molecule has 3 heterocycles. The smallest absolute Gasteiger partial charge is 0.291 e. The number of fused-ring (bicyclic) bond motifs is 2. The molecule has 162 valence electrons. The van der Waals surface area contributed by atoms with Gasteiger partial charge in [-0.2, -0.15) is 5.26 Å². The van der Waals surface area contributed by atoms with Gasteiger partial charge in [-0.15, -0.1) is 11.3 Å². The Bertz CT molecular complexity index is 1710. The summed E-state index contributed by atoms with van der Waals surface area (Å²) in [6, 6.07) is 15.1. The van der Waals surface area contributed by atoms with Crippen LogP contribution in [0.15, 0.2) is 70.5 Å². The second-order valence-corrected chi connectivity index (χ2v) is 8.77. The SMILES string of the molecule is N#CCCn1c(=O)n(-c2cncc3ccccc23)c(=O)c2sc(-c3ccc(F)cc3Cl)cc21.